The summed E-state index contributed by atoms with van der Waals surface area (Å²) in [7, 11) is 0. The lowest BCUT2D eigenvalue weighted by molar-refractivity contribution is 0.233. The zero-order chi connectivity index (χ0) is 14.2. The Bertz CT molecular complexity index is 570. The van der Waals surface area contributed by atoms with E-state index in [0.29, 0.717) is 23.3 Å². The van der Waals surface area contributed by atoms with E-state index < -0.39 is 5.54 Å². The molecule has 2 fully saturated rings. The lowest BCUT2D eigenvalue weighted by atomic mass is 9.71. The van der Waals surface area contributed by atoms with Gasteiger partial charge >= 0.3 is 0 Å². The summed E-state index contributed by atoms with van der Waals surface area (Å²) in [5.74, 6) is 1.37. The van der Waals surface area contributed by atoms with E-state index in [1.807, 2.05) is 19.1 Å². The van der Waals surface area contributed by atoms with Gasteiger partial charge in [0.05, 0.1) is 11.6 Å². The predicted molar refractivity (Wildman–Crippen MR) is 78.1 cm³/mol. The summed E-state index contributed by atoms with van der Waals surface area (Å²) in [6.45, 7) is 2.70. The number of carbonyl (C=O) groups excluding carboxylic acids is 1. The quantitative estimate of drug-likeness (QED) is 0.604. The van der Waals surface area contributed by atoms with Gasteiger partial charge in [0.1, 0.15) is 11.3 Å². The molecule has 0 atom stereocenters. The van der Waals surface area contributed by atoms with Crippen LogP contribution in [0.25, 0.3) is 0 Å². The Labute approximate surface area is 124 Å². The van der Waals surface area contributed by atoms with Gasteiger partial charge in [0.2, 0.25) is 6.08 Å². The summed E-state index contributed by atoms with van der Waals surface area (Å²) in [6.07, 6.45) is 6.99. The Hall–Kier alpha value is -1.31. The first-order chi connectivity index (χ1) is 9.64. The molecule has 3 rings (SSSR count). The van der Waals surface area contributed by atoms with E-state index in [-0.39, 0.29) is 0 Å². The molecule has 0 spiro atoms. The summed E-state index contributed by atoms with van der Waals surface area (Å²) >= 11 is 6.36. The van der Waals surface area contributed by atoms with Crippen LogP contribution in [0.2, 0.25) is 5.02 Å². The van der Waals surface area contributed by atoms with Gasteiger partial charge in [0, 0.05) is 5.56 Å². The summed E-state index contributed by atoms with van der Waals surface area (Å²) in [6, 6.07) is 3.96. The van der Waals surface area contributed by atoms with Gasteiger partial charge in [-0.3, -0.25) is 0 Å². The molecule has 0 unspecified atom stereocenters. The monoisotopic (exact) mass is 291 g/mol. The number of hydrogen-bond acceptors (Lipinski definition) is 3. The van der Waals surface area contributed by atoms with Crippen LogP contribution in [0.3, 0.4) is 0 Å². The zero-order valence-electron chi connectivity index (χ0n) is 11.6. The van der Waals surface area contributed by atoms with Gasteiger partial charge in [0.25, 0.3) is 0 Å². The van der Waals surface area contributed by atoms with Crippen molar-refractivity contribution < 1.29 is 9.53 Å². The van der Waals surface area contributed by atoms with E-state index in [4.69, 9.17) is 16.3 Å². The number of aliphatic imine (C=N–C) groups is 1. The Morgan fingerprint density at radius 2 is 2.20 bits per heavy atom. The van der Waals surface area contributed by atoms with Crippen LogP contribution in [0.1, 0.15) is 43.2 Å². The summed E-state index contributed by atoms with van der Waals surface area (Å²) < 4.78 is 5.95. The molecule has 1 aromatic rings. The smallest absolute Gasteiger partial charge is 0.235 e. The minimum absolute atomic E-state index is 0.462. The van der Waals surface area contributed by atoms with Crippen molar-refractivity contribution in [3.8, 4) is 5.75 Å². The molecule has 20 heavy (non-hydrogen) atoms. The number of ether oxygens (including phenoxy) is 1. The lowest BCUT2D eigenvalue weighted by Crippen LogP contribution is -2.32. The Morgan fingerprint density at radius 3 is 2.75 bits per heavy atom. The molecule has 4 heteroatoms. The standard InChI is InChI=1S/C16H18ClNO2/c1-11-7-13(16(18-10-19)5-2-6-16)15(14(17)8-11)20-9-12-3-4-12/h7-8,12H,2-6,9H2,1H3. The van der Waals surface area contributed by atoms with Crippen molar-refractivity contribution in [2.45, 2.75) is 44.6 Å². The number of halogens is 1. The second-order valence-corrected chi connectivity index (χ2v) is 6.37. The fourth-order valence-electron chi connectivity index (χ4n) is 2.75. The van der Waals surface area contributed by atoms with Crippen LogP contribution in [-0.2, 0) is 10.3 Å². The number of rotatable bonds is 5. The van der Waals surface area contributed by atoms with Crippen LogP contribution in [0, 0.1) is 12.8 Å². The SMILES string of the molecule is Cc1cc(Cl)c(OCC2CC2)c(C2(N=C=O)CCC2)c1. The number of nitrogens with zero attached hydrogens (tertiary/aromatic N) is 1. The van der Waals surface area contributed by atoms with Crippen LogP contribution in [0.15, 0.2) is 17.1 Å². The third-order valence-corrected chi connectivity index (χ3v) is 4.57. The van der Waals surface area contributed by atoms with Crippen molar-refractivity contribution in [2.75, 3.05) is 6.61 Å². The normalized spacial score (nSPS) is 19.9. The molecule has 1 aromatic carbocycles. The molecular weight excluding hydrogens is 274 g/mol. The van der Waals surface area contributed by atoms with Crippen molar-refractivity contribution in [2.24, 2.45) is 10.9 Å². The van der Waals surface area contributed by atoms with Crippen LogP contribution < -0.4 is 4.74 Å². The Kier molecular flexibility index (Phi) is 3.57. The molecule has 2 aliphatic carbocycles. The largest absolute Gasteiger partial charge is 0.491 e. The van der Waals surface area contributed by atoms with E-state index in [2.05, 4.69) is 4.99 Å². The number of hydrogen-bond donors (Lipinski definition) is 0. The summed E-state index contributed by atoms with van der Waals surface area (Å²) in [5.41, 5.74) is 1.56. The maximum atomic E-state index is 10.8. The first-order valence-corrected chi connectivity index (χ1v) is 7.55. The Morgan fingerprint density at radius 1 is 1.45 bits per heavy atom. The van der Waals surface area contributed by atoms with E-state index in [1.165, 1.54) is 12.8 Å². The van der Waals surface area contributed by atoms with Crippen LogP contribution in [0.4, 0.5) is 0 Å². The van der Waals surface area contributed by atoms with Gasteiger partial charge in [-0.2, -0.15) is 4.99 Å². The third-order valence-electron chi connectivity index (χ3n) is 4.29. The third kappa shape index (κ3) is 2.48. The highest BCUT2D eigenvalue weighted by Gasteiger charge is 2.42. The molecule has 0 amide bonds. The molecule has 0 aromatic heterocycles. The van der Waals surface area contributed by atoms with Crippen molar-refractivity contribution in [1.29, 1.82) is 0 Å². The fourth-order valence-corrected chi connectivity index (χ4v) is 3.08. The van der Waals surface area contributed by atoms with Crippen molar-refractivity contribution in [3.63, 3.8) is 0 Å². The van der Waals surface area contributed by atoms with E-state index in [9.17, 15) is 4.79 Å². The van der Waals surface area contributed by atoms with Crippen LogP contribution in [-0.4, -0.2) is 12.7 Å². The highest BCUT2D eigenvalue weighted by molar-refractivity contribution is 6.32. The predicted octanol–water partition coefficient (Wildman–Crippen LogP) is 4.15. The number of aryl methyl sites for hydroxylation is 1. The van der Waals surface area contributed by atoms with Gasteiger partial charge < -0.3 is 4.74 Å². The maximum absolute atomic E-state index is 10.8. The summed E-state index contributed by atoms with van der Waals surface area (Å²) in [4.78, 5) is 14.9. The average Bonchev–Trinajstić information content (AvgIpc) is 3.16. The molecule has 0 N–H and O–H groups in total. The van der Waals surface area contributed by atoms with Gasteiger partial charge in [-0.25, -0.2) is 4.79 Å². The van der Waals surface area contributed by atoms with Crippen molar-refractivity contribution in [3.05, 3.63) is 28.3 Å². The lowest BCUT2D eigenvalue weighted by Gasteiger charge is -2.38. The molecule has 106 valence electrons. The first kappa shape index (κ1) is 13.7. The molecule has 0 radical (unpaired) electrons. The van der Waals surface area contributed by atoms with Crippen LogP contribution in [0.5, 0.6) is 5.75 Å². The van der Waals surface area contributed by atoms with E-state index in [0.717, 1.165) is 30.4 Å². The van der Waals surface area contributed by atoms with Crippen molar-refractivity contribution in [1.82, 2.24) is 0 Å². The molecule has 0 aliphatic heterocycles. The average molecular weight is 292 g/mol. The van der Waals surface area contributed by atoms with Gasteiger partial charge in [-0.1, -0.05) is 11.6 Å². The van der Waals surface area contributed by atoms with Gasteiger partial charge in [-0.05, 0) is 62.6 Å². The maximum Gasteiger partial charge on any atom is 0.235 e. The number of isocyanates is 1. The molecule has 2 saturated carbocycles. The van der Waals surface area contributed by atoms with Gasteiger partial charge in [0.15, 0.2) is 0 Å². The van der Waals surface area contributed by atoms with Gasteiger partial charge in [-0.15, -0.1) is 0 Å². The molecule has 0 bridgehead atoms. The first-order valence-electron chi connectivity index (χ1n) is 7.17. The van der Waals surface area contributed by atoms with E-state index in [1.54, 1.807) is 6.08 Å². The molecule has 3 nitrogen and oxygen atoms in total. The molecule has 2 aliphatic rings. The van der Waals surface area contributed by atoms with Crippen molar-refractivity contribution >= 4 is 17.7 Å². The highest BCUT2D eigenvalue weighted by atomic mass is 35.5. The molecule has 0 heterocycles. The molecule has 0 saturated heterocycles. The minimum Gasteiger partial charge on any atom is -0.491 e. The fraction of sp³-hybridized carbons (Fsp3) is 0.562. The second kappa shape index (κ2) is 5.23. The van der Waals surface area contributed by atoms with E-state index >= 15 is 0 Å². The highest BCUT2D eigenvalue weighted by Crippen LogP contribution is 2.50. The molecular formula is C16H18ClNO2. The van der Waals surface area contributed by atoms with Crippen LogP contribution >= 0.6 is 11.6 Å². The number of benzene rings is 1. The topological polar surface area (TPSA) is 38.7 Å². The Balaban J connectivity index is 1.99. The summed E-state index contributed by atoms with van der Waals surface area (Å²) in [5, 5.41) is 0.619. The minimum atomic E-state index is -0.462. The second-order valence-electron chi connectivity index (χ2n) is 5.97. The zero-order valence-corrected chi connectivity index (χ0v) is 12.4.